The second-order valence-electron chi connectivity index (χ2n) is 6.24. The highest BCUT2D eigenvalue weighted by Gasteiger charge is 2.21. The quantitative estimate of drug-likeness (QED) is 0.842. The van der Waals surface area contributed by atoms with E-state index in [2.05, 4.69) is 20.8 Å². The third-order valence-electron chi connectivity index (χ3n) is 3.48. The van der Waals surface area contributed by atoms with Gasteiger partial charge >= 0.3 is 11.9 Å². The molecule has 0 saturated heterocycles. The first-order chi connectivity index (χ1) is 9.61. The van der Waals surface area contributed by atoms with E-state index >= 15 is 0 Å². The number of rotatable bonds is 6. The third kappa shape index (κ3) is 5.19. The maximum Gasteiger partial charge on any atom is 0.317 e. The van der Waals surface area contributed by atoms with Crippen molar-refractivity contribution in [1.29, 1.82) is 0 Å². The molecule has 1 aromatic rings. The molecule has 116 valence electrons. The number of aliphatic carboxylic acids is 2. The van der Waals surface area contributed by atoms with Gasteiger partial charge in [-0.1, -0.05) is 45.0 Å². The molecule has 1 aromatic carbocycles. The van der Waals surface area contributed by atoms with Gasteiger partial charge in [-0.25, -0.2) is 0 Å². The van der Waals surface area contributed by atoms with Crippen LogP contribution in [-0.2, 0) is 15.0 Å². The molecule has 0 aliphatic carbocycles. The molecule has 0 spiro atoms. The summed E-state index contributed by atoms with van der Waals surface area (Å²) in [4.78, 5) is 23.2. The second kappa shape index (κ2) is 6.72. The first-order valence-electron chi connectivity index (χ1n) is 6.89. The van der Waals surface area contributed by atoms with Crippen molar-refractivity contribution in [2.24, 2.45) is 0 Å². The van der Waals surface area contributed by atoms with Gasteiger partial charge in [0.2, 0.25) is 0 Å². The molecule has 21 heavy (non-hydrogen) atoms. The molecule has 1 rings (SSSR count). The molecule has 1 atom stereocenters. The molecule has 0 heterocycles. The van der Waals surface area contributed by atoms with E-state index in [9.17, 15) is 9.59 Å². The smallest absolute Gasteiger partial charge is 0.317 e. The van der Waals surface area contributed by atoms with Crippen LogP contribution in [0.2, 0.25) is 0 Å². The fraction of sp³-hybridized carbons (Fsp3) is 0.500. The Hall–Kier alpha value is -1.88. The molecule has 2 N–H and O–H groups in total. The lowest BCUT2D eigenvalue weighted by molar-refractivity contribution is -0.142. The predicted octanol–water partition coefficient (Wildman–Crippen LogP) is 2.52. The average molecular weight is 293 g/mol. The van der Waals surface area contributed by atoms with Gasteiger partial charge in [-0.2, -0.15) is 0 Å². The van der Waals surface area contributed by atoms with Crippen LogP contribution >= 0.6 is 0 Å². The van der Waals surface area contributed by atoms with Crippen molar-refractivity contribution in [2.75, 3.05) is 13.1 Å². The van der Waals surface area contributed by atoms with E-state index < -0.39 is 11.9 Å². The van der Waals surface area contributed by atoms with Gasteiger partial charge in [0.1, 0.15) is 0 Å². The van der Waals surface area contributed by atoms with Crippen molar-refractivity contribution >= 4 is 11.9 Å². The minimum atomic E-state index is -1.03. The Morgan fingerprint density at radius 1 is 1.05 bits per heavy atom. The molecule has 0 aliphatic heterocycles. The summed E-state index contributed by atoms with van der Waals surface area (Å²) >= 11 is 0. The summed E-state index contributed by atoms with van der Waals surface area (Å²) in [5.74, 6) is -2.07. The minimum Gasteiger partial charge on any atom is -0.480 e. The van der Waals surface area contributed by atoms with Gasteiger partial charge in [0.25, 0.3) is 0 Å². The monoisotopic (exact) mass is 293 g/mol. The maximum atomic E-state index is 10.9. The van der Waals surface area contributed by atoms with Crippen molar-refractivity contribution in [3.8, 4) is 0 Å². The molecule has 0 radical (unpaired) electrons. The molecule has 0 bridgehead atoms. The Kier molecular flexibility index (Phi) is 5.49. The number of carboxylic acids is 2. The van der Waals surface area contributed by atoms with Crippen LogP contribution in [-0.4, -0.2) is 40.1 Å². The molecule has 0 amide bonds. The van der Waals surface area contributed by atoms with Crippen molar-refractivity contribution in [2.45, 2.75) is 39.2 Å². The Morgan fingerprint density at radius 2 is 1.48 bits per heavy atom. The molecule has 0 fully saturated rings. The zero-order valence-corrected chi connectivity index (χ0v) is 13.0. The van der Waals surface area contributed by atoms with Gasteiger partial charge in [0.15, 0.2) is 0 Å². The number of benzene rings is 1. The average Bonchev–Trinajstić information content (AvgIpc) is 2.35. The highest BCUT2D eigenvalue weighted by molar-refractivity contribution is 5.72. The lowest BCUT2D eigenvalue weighted by Crippen LogP contribution is -2.36. The topological polar surface area (TPSA) is 77.8 Å². The summed E-state index contributed by atoms with van der Waals surface area (Å²) < 4.78 is 0. The predicted molar refractivity (Wildman–Crippen MR) is 80.4 cm³/mol. The first-order valence-corrected chi connectivity index (χ1v) is 6.89. The minimum absolute atomic E-state index is 0.0452. The van der Waals surface area contributed by atoms with E-state index in [4.69, 9.17) is 10.2 Å². The fourth-order valence-electron chi connectivity index (χ4n) is 2.15. The van der Waals surface area contributed by atoms with Gasteiger partial charge in [-0.15, -0.1) is 0 Å². The van der Waals surface area contributed by atoms with Crippen LogP contribution in [0, 0.1) is 0 Å². The summed E-state index contributed by atoms with van der Waals surface area (Å²) in [5, 5.41) is 17.8. The van der Waals surface area contributed by atoms with Crippen LogP contribution in [0.3, 0.4) is 0 Å². The van der Waals surface area contributed by atoms with Gasteiger partial charge in [-0.05, 0) is 23.5 Å². The second-order valence-corrected chi connectivity index (χ2v) is 6.24. The van der Waals surface area contributed by atoms with Crippen LogP contribution in [0.25, 0.3) is 0 Å². The highest BCUT2D eigenvalue weighted by Crippen LogP contribution is 2.25. The number of carboxylic acid groups (broad SMARTS) is 2. The summed E-state index contributed by atoms with van der Waals surface area (Å²) in [6.07, 6.45) is 0. The summed E-state index contributed by atoms with van der Waals surface area (Å²) in [6.45, 7) is 7.58. The molecular weight excluding hydrogens is 270 g/mol. The summed E-state index contributed by atoms with van der Waals surface area (Å²) in [7, 11) is 0. The lowest BCUT2D eigenvalue weighted by atomic mass is 9.86. The van der Waals surface area contributed by atoms with Crippen molar-refractivity contribution in [1.82, 2.24) is 4.90 Å². The normalized spacial score (nSPS) is 13.2. The Bertz CT molecular complexity index is 486. The molecule has 0 saturated carbocycles. The molecular formula is C16H23NO4. The standard InChI is InChI=1S/C16H23NO4/c1-11(17(9-14(18)19)10-15(20)21)12-5-7-13(8-6-12)16(2,3)4/h5-8,11H,9-10H2,1-4H3,(H,18,19)(H,20,21). The zero-order chi connectivity index (χ0) is 16.2. The van der Waals surface area contributed by atoms with Crippen molar-refractivity contribution < 1.29 is 19.8 Å². The van der Waals surface area contributed by atoms with E-state index in [0.29, 0.717) is 0 Å². The van der Waals surface area contributed by atoms with Gasteiger partial charge in [0, 0.05) is 6.04 Å². The third-order valence-corrected chi connectivity index (χ3v) is 3.48. The molecule has 5 nitrogen and oxygen atoms in total. The van der Waals surface area contributed by atoms with E-state index in [1.807, 2.05) is 31.2 Å². The van der Waals surface area contributed by atoms with Crippen molar-refractivity contribution in [3.05, 3.63) is 35.4 Å². The Morgan fingerprint density at radius 3 is 1.81 bits per heavy atom. The summed E-state index contributed by atoms with van der Waals surface area (Å²) in [6, 6.07) is 7.60. The van der Waals surface area contributed by atoms with Crippen LogP contribution in [0.5, 0.6) is 0 Å². The van der Waals surface area contributed by atoms with E-state index in [-0.39, 0.29) is 24.5 Å². The van der Waals surface area contributed by atoms with Gasteiger partial charge in [-0.3, -0.25) is 14.5 Å². The van der Waals surface area contributed by atoms with Crippen molar-refractivity contribution in [3.63, 3.8) is 0 Å². The number of hydrogen-bond donors (Lipinski definition) is 2. The van der Waals surface area contributed by atoms with E-state index in [0.717, 1.165) is 5.56 Å². The Labute approximate surface area is 125 Å². The maximum absolute atomic E-state index is 10.9. The molecule has 0 aliphatic rings. The lowest BCUT2D eigenvalue weighted by Gasteiger charge is -2.27. The Balaban J connectivity index is 2.95. The zero-order valence-electron chi connectivity index (χ0n) is 13.0. The van der Waals surface area contributed by atoms with Gasteiger partial charge in [0.05, 0.1) is 13.1 Å². The van der Waals surface area contributed by atoms with E-state index in [1.54, 1.807) is 0 Å². The van der Waals surface area contributed by atoms with Gasteiger partial charge < -0.3 is 10.2 Å². The molecule has 0 aromatic heterocycles. The van der Waals surface area contributed by atoms with E-state index in [1.165, 1.54) is 10.5 Å². The van der Waals surface area contributed by atoms with Crippen LogP contribution < -0.4 is 0 Å². The first kappa shape index (κ1) is 17.2. The SMILES string of the molecule is CC(c1ccc(C(C)(C)C)cc1)N(CC(=O)O)CC(=O)O. The van der Waals surface area contributed by atoms with Crippen LogP contribution in [0.15, 0.2) is 24.3 Å². The highest BCUT2D eigenvalue weighted by atomic mass is 16.4. The fourth-order valence-corrected chi connectivity index (χ4v) is 2.15. The number of hydrogen-bond acceptors (Lipinski definition) is 3. The van der Waals surface area contributed by atoms with Crippen LogP contribution in [0.1, 0.15) is 44.9 Å². The largest absolute Gasteiger partial charge is 0.480 e. The summed E-state index contributed by atoms with van der Waals surface area (Å²) in [5.41, 5.74) is 2.14. The van der Waals surface area contributed by atoms with Crippen LogP contribution in [0.4, 0.5) is 0 Å². The molecule has 5 heteroatoms. The molecule has 1 unspecified atom stereocenters. The number of carbonyl (C=O) groups is 2. The number of nitrogens with zero attached hydrogens (tertiary/aromatic N) is 1.